The average molecular weight is 422 g/mol. The maximum Gasteiger partial charge on any atom is 0.262 e. The van der Waals surface area contributed by atoms with Crippen LogP contribution in [-0.4, -0.2) is 66.9 Å². The van der Waals surface area contributed by atoms with Gasteiger partial charge in [0.25, 0.3) is 5.91 Å². The van der Waals surface area contributed by atoms with Gasteiger partial charge in [-0.1, -0.05) is 11.2 Å². The minimum absolute atomic E-state index is 0.107. The van der Waals surface area contributed by atoms with Gasteiger partial charge < -0.3 is 25.0 Å². The van der Waals surface area contributed by atoms with E-state index in [0.717, 1.165) is 12.8 Å². The van der Waals surface area contributed by atoms with Crippen LogP contribution >= 0.6 is 0 Å². The molecule has 1 saturated carbocycles. The molecule has 10 nitrogen and oxygen atoms in total. The van der Waals surface area contributed by atoms with E-state index in [1.165, 1.54) is 4.90 Å². The van der Waals surface area contributed by atoms with Gasteiger partial charge in [-0.2, -0.15) is 0 Å². The zero-order chi connectivity index (χ0) is 21.6. The molecule has 31 heavy (non-hydrogen) atoms. The van der Waals surface area contributed by atoms with Gasteiger partial charge in [-0.05, 0) is 31.0 Å². The summed E-state index contributed by atoms with van der Waals surface area (Å²) in [6.07, 6.45) is 3.43. The van der Waals surface area contributed by atoms with Crippen molar-refractivity contribution < 1.29 is 19.5 Å². The summed E-state index contributed by atoms with van der Waals surface area (Å²) < 4.78 is 5.31. The number of likely N-dealkylation sites (N-methyl/N-ethyl adjacent to an activating group) is 1. The Morgan fingerprint density at radius 3 is 2.55 bits per heavy atom. The molecule has 0 unspecified atom stereocenters. The maximum absolute atomic E-state index is 12.3. The molecule has 0 radical (unpaired) electrons. The number of aromatic nitrogens is 4. The van der Waals surface area contributed by atoms with Gasteiger partial charge in [-0.3, -0.25) is 4.79 Å². The topological polar surface area (TPSA) is 138 Å². The minimum Gasteiger partial charge on any atom is -0.388 e. The van der Waals surface area contributed by atoms with Gasteiger partial charge in [0.2, 0.25) is 11.5 Å². The van der Waals surface area contributed by atoms with Crippen molar-refractivity contribution in [2.45, 2.75) is 30.5 Å². The van der Waals surface area contributed by atoms with Crippen molar-refractivity contribution >= 4 is 11.9 Å². The van der Waals surface area contributed by atoms with Crippen molar-refractivity contribution in [3.8, 4) is 22.8 Å². The first-order chi connectivity index (χ1) is 14.9. The van der Waals surface area contributed by atoms with Crippen LogP contribution in [0.3, 0.4) is 0 Å². The molecule has 3 N–H and O–H groups in total. The molecule has 5 rings (SSSR count). The Balaban J connectivity index is 1.39. The molecule has 4 heterocycles. The zero-order valence-electron chi connectivity index (χ0n) is 16.9. The molecule has 1 aliphatic carbocycles. The third-order valence-electron chi connectivity index (χ3n) is 5.76. The van der Waals surface area contributed by atoms with Gasteiger partial charge in [0.05, 0.1) is 22.7 Å². The first-order valence-corrected chi connectivity index (χ1v) is 10.1. The summed E-state index contributed by atoms with van der Waals surface area (Å²) >= 11 is 0. The average Bonchev–Trinajstić information content (AvgIpc) is 3.20. The molecule has 1 saturated heterocycles. The highest BCUT2D eigenvalue weighted by Crippen LogP contribution is 2.35. The third kappa shape index (κ3) is 3.64. The smallest absolute Gasteiger partial charge is 0.262 e. The molecule has 0 spiro atoms. The van der Waals surface area contributed by atoms with Crippen LogP contribution in [0.2, 0.25) is 0 Å². The lowest BCUT2D eigenvalue weighted by atomic mass is 9.98. The SMILES string of the molecule is CN1CC[C@@](O)(c2cc(-c3cccc(-c4ccnc(NCC5(O)CC5)n4)n3)no2)C1=O. The van der Waals surface area contributed by atoms with Crippen molar-refractivity contribution in [2.24, 2.45) is 0 Å². The standard InChI is InChI=1S/C21H22N6O4/c1-27-10-8-21(30,18(27)28)17-11-16(26-31-17)14-4-2-3-13(24-14)15-5-9-22-19(25-15)23-12-20(29)6-7-20/h2-5,9,11,29-30H,6-8,10,12H2,1H3,(H,22,23,25)/t21-/m1/s1. The van der Waals surface area contributed by atoms with E-state index in [4.69, 9.17) is 4.52 Å². The maximum atomic E-state index is 12.3. The second kappa shape index (κ2) is 7.10. The fourth-order valence-corrected chi connectivity index (χ4v) is 3.54. The Labute approximate surface area is 178 Å². The second-order valence-corrected chi connectivity index (χ2v) is 8.16. The van der Waals surface area contributed by atoms with Crippen molar-refractivity contribution in [1.82, 2.24) is 25.0 Å². The highest BCUT2D eigenvalue weighted by molar-refractivity contribution is 5.87. The Kier molecular flexibility index (Phi) is 4.49. The lowest BCUT2D eigenvalue weighted by molar-refractivity contribution is -0.144. The molecule has 10 heteroatoms. The van der Waals surface area contributed by atoms with Crippen LogP contribution in [0, 0.1) is 0 Å². The first-order valence-electron chi connectivity index (χ1n) is 10.1. The van der Waals surface area contributed by atoms with Gasteiger partial charge >= 0.3 is 0 Å². The molecule has 2 aliphatic rings. The predicted molar refractivity (Wildman–Crippen MR) is 110 cm³/mol. The van der Waals surface area contributed by atoms with Crippen LogP contribution in [-0.2, 0) is 10.4 Å². The number of nitrogens with zero attached hydrogens (tertiary/aromatic N) is 5. The lowest BCUT2D eigenvalue weighted by Gasteiger charge is -2.16. The highest BCUT2D eigenvalue weighted by atomic mass is 16.5. The fourth-order valence-electron chi connectivity index (χ4n) is 3.54. The van der Waals surface area contributed by atoms with Gasteiger partial charge in [-0.25, -0.2) is 15.0 Å². The molecule has 0 aromatic carbocycles. The van der Waals surface area contributed by atoms with E-state index in [1.54, 1.807) is 31.4 Å². The van der Waals surface area contributed by atoms with Crippen LogP contribution in [0.25, 0.3) is 22.8 Å². The number of hydrogen-bond acceptors (Lipinski definition) is 9. The third-order valence-corrected chi connectivity index (χ3v) is 5.76. The van der Waals surface area contributed by atoms with E-state index < -0.39 is 17.1 Å². The molecule has 160 valence electrons. The number of hydrogen-bond donors (Lipinski definition) is 3. The number of nitrogens with one attached hydrogen (secondary N) is 1. The summed E-state index contributed by atoms with van der Waals surface area (Å²) in [7, 11) is 1.64. The summed E-state index contributed by atoms with van der Waals surface area (Å²) in [4.78, 5) is 27.0. The van der Waals surface area contributed by atoms with Crippen LogP contribution in [0.4, 0.5) is 5.95 Å². The predicted octanol–water partition coefficient (Wildman–Crippen LogP) is 1.18. The molecular weight excluding hydrogens is 400 g/mol. The van der Waals surface area contributed by atoms with Crippen molar-refractivity contribution in [3.63, 3.8) is 0 Å². The molecule has 0 bridgehead atoms. The number of pyridine rings is 1. The second-order valence-electron chi connectivity index (χ2n) is 8.16. The van der Waals surface area contributed by atoms with Gasteiger partial charge in [0.15, 0.2) is 5.76 Å². The monoisotopic (exact) mass is 422 g/mol. The Bertz CT molecular complexity index is 1140. The largest absolute Gasteiger partial charge is 0.388 e. The molecule has 1 atom stereocenters. The number of carbonyl (C=O) groups excluding carboxylic acids is 1. The number of aliphatic hydroxyl groups is 2. The van der Waals surface area contributed by atoms with E-state index in [1.807, 2.05) is 12.1 Å². The molecule has 1 amide bonds. The van der Waals surface area contributed by atoms with Crippen molar-refractivity contribution in [1.29, 1.82) is 0 Å². The van der Waals surface area contributed by atoms with Gasteiger partial charge in [0.1, 0.15) is 5.69 Å². The van der Waals surface area contributed by atoms with Crippen LogP contribution in [0.5, 0.6) is 0 Å². The van der Waals surface area contributed by atoms with Crippen molar-refractivity contribution in [3.05, 3.63) is 42.3 Å². The van der Waals surface area contributed by atoms with Gasteiger partial charge in [-0.15, -0.1) is 0 Å². The van der Waals surface area contributed by atoms with Crippen LogP contribution in [0.1, 0.15) is 25.0 Å². The van der Waals surface area contributed by atoms with Gasteiger partial charge in [0, 0.05) is 38.8 Å². The summed E-state index contributed by atoms with van der Waals surface area (Å²) in [6.45, 7) is 0.850. The zero-order valence-corrected chi connectivity index (χ0v) is 16.9. The highest BCUT2D eigenvalue weighted by Gasteiger charge is 2.48. The van der Waals surface area contributed by atoms with E-state index in [2.05, 4.69) is 25.4 Å². The molecular formula is C21H22N6O4. The van der Waals surface area contributed by atoms with E-state index in [-0.39, 0.29) is 12.2 Å². The molecule has 2 fully saturated rings. The Morgan fingerprint density at radius 2 is 1.84 bits per heavy atom. The summed E-state index contributed by atoms with van der Waals surface area (Å²) in [6, 6.07) is 8.69. The normalized spacial score (nSPS) is 22.0. The quantitative estimate of drug-likeness (QED) is 0.534. The number of likely N-dealkylation sites (tertiary alicyclic amines) is 1. The summed E-state index contributed by atoms with van der Waals surface area (Å²) in [5, 5.41) is 27.8. The number of anilines is 1. The minimum atomic E-state index is -1.70. The van der Waals surface area contributed by atoms with Crippen LogP contribution < -0.4 is 5.32 Å². The van der Waals surface area contributed by atoms with E-state index >= 15 is 0 Å². The van der Waals surface area contributed by atoms with E-state index in [0.29, 0.717) is 41.8 Å². The number of amides is 1. The number of rotatable bonds is 6. The Morgan fingerprint density at radius 1 is 1.10 bits per heavy atom. The van der Waals surface area contributed by atoms with E-state index in [9.17, 15) is 15.0 Å². The van der Waals surface area contributed by atoms with Crippen molar-refractivity contribution in [2.75, 3.05) is 25.5 Å². The number of carbonyl (C=O) groups is 1. The molecule has 3 aromatic rings. The summed E-state index contributed by atoms with van der Waals surface area (Å²) in [5.74, 6) is 0.115. The fraction of sp³-hybridized carbons (Fsp3) is 0.381. The first kappa shape index (κ1) is 19.6. The molecule has 1 aliphatic heterocycles. The Hall–Kier alpha value is -3.37. The molecule has 3 aromatic heterocycles. The van der Waals surface area contributed by atoms with Crippen LogP contribution in [0.15, 0.2) is 41.1 Å². The summed E-state index contributed by atoms with van der Waals surface area (Å²) in [5.41, 5.74) is -0.200. The lowest BCUT2D eigenvalue weighted by Crippen LogP contribution is -2.35.